The third kappa shape index (κ3) is 3.15. The maximum Gasteiger partial charge on any atom is 0.335 e. The van der Waals surface area contributed by atoms with Crippen LogP contribution in [0, 0.1) is 11.8 Å². The van der Waals surface area contributed by atoms with Gasteiger partial charge in [0, 0.05) is 5.56 Å². The molecular formula is C16H12O4. The Kier molecular flexibility index (Phi) is 4.02. The summed E-state index contributed by atoms with van der Waals surface area (Å²) >= 11 is 0. The second-order valence-corrected chi connectivity index (χ2v) is 4.14. The summed E-state index contributed by atoms with van der Waals surface area (Å²) in [5.74, 6) is 4.28. The van der Waals surface area contributed by atoms with Gasteiger partial charge in [-0.15, -0.1) is 0 Å². The number of carbonyl (C=O) groups excluding carboxylic acids is 1. The second kappa shape index (κ2) is 5.89. The molecule has 2 aromatic rings. The minimum absolute atomic E-state index is 0.0481. The third-order valence-electron chi connectivity index (χ3n) is 2.78. The van der Waals surface area contributed by atoms with Crippen molar-refractivity contribution in [3.63, 3.8) is 0 Å². The highest BCUT2D eigenvalue weighted by atomic mass is 16.5. The van der Waals surface area contributed by atoms with Crippen LogP contribution in [-0.2, 0) is 9.53 Å². The predicted molar refractivity (Wildman–Crippen MR) is 74.4 cm³/mol. The number of carbonyl (C=O) groups is 2. The average Bonchev–Trinajstić information content (AvgIpc) is 2.46. The smallest absolute Gasteiger partial charge is 0.335 e. The molecule has 1 N–H and O–H groups in total. The fraction of sp³-hybridized carbons (Fsp3) is 0.125. The fourth-order valence-corrected chi connectivity index (χ4v) is 1.75. The zero-order chi connectivity index (χ0) is 14.5. The van der Waals surface area contributed by atoms with Crippen molar-refractivity contribution in [2.75, 3.05) is 7.11 Å². The van der Waals surface area contributed by atoms with Crippen LogP contribution in [0.25, 0.3) is 10.8 Å². The first-order chi connectivity index (χ1) is 9.60. The van der Waals surface area contributed by atoms with E-state index in [1.165, 1.54) is 7.11 Å². The first-order valence-corrected chi connectivity index (χ1v) is 5.93. The van der Waals surface area contributed by atoms with E-state index in [-0.39, 0.29) is 18.0 Å². The van der Waals surface area contributed by atoms with Gasteiger partial charge in [0.1, 0.15) is 6.42 Å². The maximum absolute atomic E-state index is 10.9. The molecule has 0 fully saturated rings. The zero-order valence-corrected chi connectivity index (χ0v) is 10.8. The zero-order valence-electron chi connectivity index (χ0n) is 10.8. The molecule has 0 saturated carbocycles. The molecule has 2 aromatic carbocycles. The van der Waals surface area contributed by atoms with Gasteiger partial charge in [-0.05, 0) is 35.0 Å². The van der Waals surface area contributed by atoms with Crippen LogP contribution >= 0.6 is 0 Å². The van der Waals surface area contributed by atoms with E-state index in [1.807, 2.05) is 12.1 Å². The van der Waals surface area contributed by atoms with Gasteiger partial charge in [-0.3, -0.25) is 4.79 Å². The lowest BCUT2D eigenvalue weighted by molar-refractivity contribution is -0.139. The molecule has 0 unspecified atom stereocenters. The number of methoxy groups -OCH3 is 1. The average molecular weight is 268 g/mol. The van der Waals surface area contributed by atoms with Crippen molar-refractivity contribution >= 4 is 22.7 Å². The molecule has 0 amide bonds. The molecule has 0 atom stereocenters. The van der Waals surface area contributed by atoms with Gasteiger partial charge in [-0.2, -0.15) is 0 Å². The van der Waals surface area contributed by atoms with E-state index in [2.05, 4.69) is 16.6 Å². The fourth-order valence-electron chi connectivity index (χ4n) is 1.75. The Morgan fingerprint density at radius 1 is 1.15 bits per heavy atom. The highest BCUT2D eigenvalue weighted by molar-refractivity contribution is 5.94. The molecule has 0 spiro atoms. The topological polar surface area (TPSA) is 63.6 Å². The molecule has 2 rings (SSSR count). The number of ether oxygens (including phenoxy) is 1. The Labute approximate surface area is 116 Å². The van der Waals surface area contributed by atoms with Crippen LogP contribution < -0.4 is 0 Å². The molecule has 0 radical (unpaired) electrons. The van der Waals surface area contributed by atoms with E-state index in [1.54, 1.807) is 24.3 Å². The highest BCUT2D eigenvalue weighted by Crippen LogP contribution is 2.17. The van der Waals surface area contributed by atoms with Crippen molar-refractivity contribution in [3.8, 4) is 11.8 Å². The van der Waals surface area contributed by atoms with E-state index in [9.17, 15) is 9.59 Å². The highest BCUT2D eigenvalue weighted by Gasteiger charge is 2.03. The summed E-state index contributed by atoms with van der Waals surface area (Å²) in [7, 11) is 1.32. The van der Waals surface area contributed by atoms with E-state index in [4.69, 9.17) is 5.11 Å². The van der Waals surface area contributed by atoms with Gasteiger partial charge in [0.2, 0.25) is 0 Å². The summed E-state index contributed by atoms with van der Waals surface area (Å²) in [6.45, 7) is 0. The van der Waals surface area contributed by atoms with Gasteiger partial charge in [0.05, 0.1) is 12.7 Å². The Balaban J connectivity index is 2.28. The summed E-state index contributed by atoms with van der Waals surface area (Å²) in [6, 6.07) is 10.4. The van der Waals surface area contributed by atoms with Gasteiger partial charge in [-0.1, -0.05) is 24.0 Å². The Morgan fingerprint density at radius 2 is 1.85 bits per heavy atom. The van der Waals surface area contributed by atoms with Crippen LogP contribution in [0.3, 0.4) is 0 Å². The van der Waals surface area contributed by atoms with Gasteiger partial charge in [-0.25, -0.2) is 4.79 Å². The van der Waals surface area contributed by atoms with E-state index >= 15 is 0 Å². The molecule has 20 heavy (non-hydrogen) atoms. The summed E-state index contributed by atoms with van der Waals surface area (Å²) in [5.41, 5.74) is 1.02. The Bertz CT molecular complexity index is 735. The van der Waals surface area contributed by atoms with Crippen LogP contribution in [0.5, 0.6) is 0 Å². The molecule has 0 bridgehead atoms. The molecule has 0 aliphatic heterocycles. The molecule has 4 heteroatoms. The molecule has 0 aliphatic rings. The number of hydrogen-bond donors (Lipinski definition) is 1. The van der Waals surface area contributed by atoms with E-state index in [0.717, 1.165) is 16.3 Å². The second-order valence-electron chi connectivity index (χ2n) is 4.14. The van der Waals surface area contributed by atoms with Gasteiger partial charge in [0.15, 0.2) is 0 Å². The van der Waals surface area contributed by atoms with Crippen LogP contribution in [0.4, 0.5) is 0 Å². The van der Waals surface area contributed by atoms with Gasteiger partial charge in [0.25, 0.3) is 0 Å². The van der Waals surface area contributed by atoms with Crippen molar-refractivity contribution in [3.05, 3.63) is 47.5 Å². The largest absolute Gasteiger partial charge is 0.478 e. The number of carboxylic acids is 1. The predicted octanol–water partition coefficient (Wildman–Crippen LogP) is 2.45. The molecular weight excluding hydrogens is 256 g/mol. The van der Waals surface area contributed by atoms with Gasteiger partial charge < -0.3 is 9.84 Å². The molecule has 100 valence electrons. The molecule has 0 aromatic heterocycles. The summed E-state index contributed by atoms with van der Waals surface area (Å²) in [4.78, 5) is 21.8. The third-order valence-corrected chi connectivity index (χ3v) is 2.78. The van der Waals surface area contributed by atoms with Crippen molar-refractivity contribution in [2.45, 2.75) is 6.42 Å². The number of carboxylic acid groups (broad SMARTS) is 1. The van der Waals surface area contributed by atoms with Crippen molar-refractivity contribution in [2.24, 2.45) is 0 Å². The number of fused-ring (bicyclic) bond motifs is 1. The number of hydrogen-bond acceptors (Lipinski definition) is 3. The van der Waals surface area contributed by atoms with Crippen LogP contribution in [0.1, 0.15) is 22.3 Å². The SMILES string of the molecule is COC(=O)CC#Cc1ccc2cc(C(=O)O)ccc2c1. The normalized spacial score (nSPS) is 9.65. The molecule has 4 nitrogen and oxygen atoms in total. The first kappa shape index (κ1) is 13.6. The number of aromatic carboxylic acids is 1. The molecule has 0 heterocycles. The van der Waals surface area contributed by atoms with Crippen molar-refractivity contribution < 1.29 is 19.4 Å². The Hall–Kier alpha value is -2.80. The monoisotopic (exact) mass is 268 g/mol. The van der Waals surface area contributed by atoms with Crippen LogP contribution in [0.2, 0.25) is 0 Å². The summed E-state index contributed by atoms with van der Waals surface area (Å²) in [6.07, 6.45) is 0.0481. The molecule has 0 saturated heterocycles. The lowest BCUT2D eigenvalue weighted by Crippen LogP contribution is -1.97. The maximum atomic E-state index is 10.9. The summed E-state index contributed by atoms with van der Waals surface area (Å²) in [5, 5.41) is 10.7. The Morgan fingerprint density at radius 3 is 2.55 bits per heavy atom. The van der Waals surface area contributed by atoms with Crippen molar-refractivity contribution in [1.29, 1.82) is 0 Å². The van der Waals surface area contributed by atoms with E-state index < -0.39 is 5.97 Å². The number of benzene rings is 2. The van der Waals surface area contributed by atoms with Gasteiger partial charge >= 0.3 is 11.9 Å². The van der Waals surface area contributed by atoms with E-state index in [0.29, 0.717) is 0 Å². The standard InChI is InChI=1S/C16H12O4/c1-20-15(17)4-2-3-11-5-6-13-10-14(16(18)19)8-7-12(13)9-11/h5-10H,4H2,1H3,(H,18,19). The molecule has 0 aliphatic carbocycles. The number of rotatable bonds is 2. The quantitative estimate of drug-likeness (QED) is 0.671. The van der Waals surface area contributed by atoms with Crippen LogP contribution in [0.15, 0.2) is 36.4 Å². The lowest BCUT2D eigenvalue weighted by Gasteiger charge is -2.00. The van der Waals surface area contributed by atoms with Crippen LogP contribution in [-0.4, -0.2) is 24.2 Å². The first-order valence-electron chi connectivity index (χ1n) is 5.93. The minimum Gasteiger partial charge on any atom is -0.478 e. The number of esters is 1. The lowest BCUT2D eigenvalue weighted by atomic mass is 10.0. The summed E-state index contributed by atoms with van der Waals surface area (Å²) < 4.78 is 4.50. The minimum atomic E-state index is -0.950. The van der Waals surface area contributed by atoms with Crippen molar-refractivity contribution in [1.82, 2.24) is 0 Å².